The maximum Gasteiger partial charge on any atom is 0.240 e. The van der Waals surface area contributed by atoms with Gasteiger partial charge in [0, 0.05) is 11.7 Å². The van der Waals surface area contributed by atoms with Crippen LogP contribution in [-0.4, -0.2) is 39.5 Å². The van der Waals surface area contributed by atoms with E-state index >= 15 is 0 Å². The number of nitrogens with two attached hydrogens (primary N) is 2. The number of nitrogens with one attached hydrogen (secondary N) is 1. The van der Waals surface area contributed by atoms with E-state index in [-0.39, 0.29) is 10.9 Å². The van der Waals surface area contributed by atoms with Crippen LogP contribution in [0.1, 0.15) is 12.8 Å². The van der Waals surface area contributed by atoms with Crippen molar-refractivity contribution in [2.75, 3.05) is 31.2 Å². The Labute approximate surface area is 113 Å². The summed E-state index contributed by atoms with van der Waals surface area (Å²) in [6.45, 7) is 1.99. The number of benzene rings is 1. The van der Waals surface area contributed by atoms with Crippen LogP contribution in [0.2, 0.25) is 0 Å². The van der Waals surface area contributed by atoms with Gasteiger partial charge in [-0.2, -0.15) is 0 Å². The number of rotatable bonds is 3. The van der Waals surface area contributed by atoms with E-state index < -0.39 is 10.0 Å². The Kier molecular flexibility index (Phi) is 3.98. The summed E-state index contributed by atoms with van der Waals surface area (Å²) in [5.74, 6) is 0. The van der Waals surface area contributed by atoms with Gasteiger partial charge in [-0.3, -0.25) is 0 Å². The standard InChI is InChI=1S/C12H20N4O2S/c1-16-6-4-10(5-7-16)15-11-3-2-9(13)8-12(11)19(14,17)18/h2-3,8,10,15H,4-7,13H2,1H3,(H2,14,17,18). The number of nitrogens with zero attached hydrogens (tertiary/aromatic N) is 1. The van der Waals surface area contributed by atoms with Crippen LogP contribution >= 0.6 is 0 Å². The normalized spacial score (nSPS) is 18.4. The van der Waals surface area contributed by atoms with Crippen molar-refractivity contribution >= 4 is 21.4 Å². The first-order valence-corrected chi connectivity index (χ1v) is 7.78. The van der Waals surface area contributed by atoms with E-state index in [0.717, 1.165) is 25.9 Å². The molecule has 0 aromatic heterocycles. The van der Waals surface area contributed by atoms with E-state index in [4.69, 9.17) is 10.9 Å². The molecular formula is C12H20N4O2S. The molecule has 19 heavy (non-hydrogen) atoms. The summed E-state index contributed by atoms with van der Waals surface area (Å²) in [5.41, 5.74) is 6.54. The monoisotopic (exact) mass is 284 g/mol. The average Bonchev–Trinajstić information content (AvgIpc) is 2.33. The Morgan fingerprint density at radius 1 is 1.32 bits per heavy atom. The topological polar surface area (TPSA) is 101 Å². The first kappa shape index (κ1) is 14.1. The molecule has 2 rings (SSSR count). The van der Waals surface area contributed by atoms with E-state index in [1.165, 1.54) is 6.07 Å². The van der Waals surface area contributed by atoms with Crippen LogP contribution in [-0.2, 0) is 10.0 Å². The van der Waals surface area contributed by atoms with Crippen LogP contribution in [0.15, 0.2) is 23.1 Å². The van der Waals surface area contributed by atoms with Crippen LogP contribution in [0.4, 0.5) is 11.4 Å². The summed E-state index contributed by atoms with van der Waals surface area (Å²) in [6, 6.07) is 5.01. The Bertz CT molecular complexity index is 551. The lowest BCUT2D eigenvalue weighted by Crippen LogP contribution is -2.37. The summed E-state index contributed by atoms with van der Waals surface area (Å²) >= 11 is 0. The molecule has 1 aromatic carbocycles. The van der Waals surface area contributed by atoms with E-state index in [9.17, 15) is 8.42 Å². The molecule has 0 saturated carbocycles. The zero-order chi connectivity index (χ0) is 14.0. The predicted molar refractivity (Wildman–Crippen MR) is 76.4 cm³/mol. The molecule has 1 aliphatic heterocycles. The molecule has 106 valence electrons. The van der Waals surface area contributed by atoms with Gasteiger partial charge in [-0.1, -0.05) is 0 Å². The summed E-state index contributed by atoms with van der Waals surface area (Å²) in [6.07, 6.45) is 1.95. The van der Waals surface area contributed by atoms with Crippen LogP contribution in [0.3, 0.4) is 0 Å². The van der Waals surface area contributed by atoms with Crippen molar-refractivity contribution in [3.8, 4) is 0 Å². The largest absolute Gasteiger partial charge is 0.399 e. The second-order valence-electron chi connectivity index (χ2n) is 5.02. The molecule has 0 spiro atoms. The van der Waals surface area contributed by atoms with Crippen LogP contribution in [0.5, 0.6) is 0 Å². The second kappa shape index (κ2) is 5.36. The molecule has 0 atom stereocenters. The molecular weight excluding hydrogens is 264 g/mol. The van der Waals surface area contributed by atoms with Gasteiger partial charge in [0.05, 0.1) is 5.69 Å². The maximum atomic E-state index is 11.6. The fraction of sp³-hybridized carbons (Fsp3) is 0.500. The molecule has 0 aliphatic carbocycles. The summed E-state index contributed by atoms with van der Waals surface area (Å²) < 4.78 is 23.1. The van der Waals surface area contributed by atoms with Gasteiger partial charge in [0.25, 0.3) is 0 Å². The molecule has 1 heterocycles. The first-order chi connectivity index (χ1) is 8.86. The highest BCUT2D eigenvalue weighted by atomic mass is 32.2. The number of hydrogen-bond acceptors (Lipinski definition) is 5. The highest BCUT2D eigenvalue weighted by Gasteiger charge is 2.20. The van der Waals surface area contributed by atoms with Crippen molar-refractivity contribution < 1.29 is 8.42 Å². The summed E-state index contributed by atoms with van der Waals surface area (Å²) in [7, 11) is -1.69. The SMILES string of the molecule is CN1CCC(Nc2ccc(N)cc2S(N)(=O)=O)CC1. The summed E-state index contributed by atoms with van der Waals surface area (Å²) in [4.78, 5) is 2.31. The Hall–Kier alpha value is -1.31. The Balaban J connectivity index is 2.21. The quantitative estimate of drug-likeness (QED) is 0.698. The number of hydrogen-bond donors (Lipinski definition) is 3. The van der Waals surface area contributed by atoms with E-state index in [2.05, 4.69) is 17.3 Å². The number of likely N-dealkylation sites (tertiary alicyclic amines) is 1. The second-order valence-corrected chi connectivity index (χ2v) is 6.55. The van der Waals surface area contributed by atoms with E-state index in [1.807, 2.05) is 0 Å². The lowest BCUT2D eigenvalue weighted by atomic mass is 10.1. The highest BCUT2D eigenvalue weighted by molar-refractivity contribution is 7.89. The number of piperidine rings is 1. The van der Waals surface area contributed by atoms with Crippen LogP contribution in [0, 0.1) is 0 Å². The average molecular weight is 284 g/mol. The minimum absolute atomic E-state index is 0.0615. The van der Waals surface area contributed by atoms with Gasteiger partial charge in [0.1, 0.15) is 4.90 Å². The molecule has 7 heteroatoms. The fourth-order valence-electron chi connectivity index (χ4n) is 2.27. The van der Waals surface area contributed by atoms with Crippen LogP contribution < -0.4 is 16.2 Å². The fourth-order valence-corrected chi connectivity index (χ4v) is 3.00. The van der Waals surface area contributed by atoms with Gasteiger partial charge >= 0.3 is 0 Å². The molecule has 6 nitrogen and oxygen atoms in total. The number of primary sulfonamides is 1. The van der Waals surface area contributed by atoms with E-state index in [0.29, 0.717) is 11.4 Å². The van der Waals surface area contributed by atoms with Gasteiger partial charge in [-0.05, 0) is 51.2 Å². The van der Waals surface area contributed by atoms with Crippen molar-refractivity contribution in [1.29, 1.82) is 0 Å². The minimum Gasteiger partial charge on any atom is -0.399 e. The molecule has 1 saturated heterocycles. The molecule has 0 amide bonds. The van der Waals surface area contributed by atoms with Crippen molar-refractivity contribution in [3.05, 3.63) is 18.2 Å². The zero-order valence-electron chi connectivity index (χ0n) is 11.0. The summed E-state index contributed by atoms with van der Waals surface area (Å²) in [5, 5.41) is 8.48. The first-order valence-electron chi connectivity index (χ1n) is 6.23. The number of sulfonamides is 1. The third-order valence-corrected chi connectivity index (χ3v) is 4.34. The van der Waals surface area contributed by atoms with Crippen molar-refractivity contribution in [2.45, 2.75) is 23.8 Å². The number of anilines is 2. The Morgan fingerprint density at radius 2 is 1.95 bits per heavy atom. The predicted octanol–water partition coefficient (Wildman–Crippen LogP) is 0.422. The number of nitrogen functional groups attached to an aromatic ring is 1. The van der Waals surface area contributed by atoms with E-state index in [1.54, 1.807) is 12.1 Å². The third kappa shape index (κ3) is 3.59. The lowest BCUT2D eigenvalue weighted by molar-refractivity contribution is 0.264. The van der Waals surface area contributed by atoms with Gasteiger partial charge in [0.2, 0.25) is 10.0 Å². The third-order valence-electron chi connectivity index (χ3n) is 3.39. The Morgan fingerprint density at radius 3 is 2.53 bits per heavy atom. The van der Waals surface area contributed by atoms with Gasteiger partial charge in [0.15, 0.2) is 0 Å². The van der Waals surface area contributed by atoms with Gasteiger partial charge in [-0.15, -0.1) is 0 Å². The van der Waals surface area contributed by atoms with Crippen molar-refractivity contribution in [2.24, 2.45) is 5.14 Å². The molecule has 0 radical (unpaired) electrons. The van der Waals surface area contributed by atoms with Gasteiger partial charge in [-0.25, -0.2) is 13.6 Å². The van der Waals surface area contributed by atoms with Gasteiger partial charge < -0.3 is 16.0 Å². The van der Waals surface area contributed by atoms with Crippen molar-refractivity contribution in [3.63, 3.8) is 0 Å². The molecule has 0 unspecified atom stereocenters. The molecule has 1 fully saturated rings. The maximum absolute atomic E-state index is 11.6. The van der Waals surface area contributed by atoms with Crippen LogP contribution in [0.25, 0.3) is 0 Å². The highest BCUT2D eigenvalue weighted by Crippen LogP contribution is 2.25. The molecule has 1 aliphatic rings. The zero-order valence-corrected chi connectivity index (χ0v) is 11.8. The minimum atomic E-state index is -3.77. The molecule has 1 aromatic rings. The lowest BCUT2D eigenvalue weighted by Gasteiger charge is -2.30. The smallest absolute Gasteiger partial charge is 0.240 e. The molecule has 0 bridgehead atoms. The molecule has 5 N–H and O–H groups in total. The van der Waals surface area contributed by atoms with Crippen molar-refractivity contribution in [1.82, 2.24) is 4.90 Å².